The van der Waals surface area contributed by atoms with E-state index in [-0.39, 0.29) is 5.69 Å². The number of nitrogens with two attached hydrogens (primary N) is 1. The smallest absolute Gasteiger partial charge is 0.277 e. The van der Waals surface area contributed by atoms with Gasteiger partial charge in [-0.15, -0.1) is 0 Å². The largest absolute Gasteiger partial charge is 0.314 e. The number of hydrogen-bond donors (Lipinski definition) is 1. The van der Waals surface area contributed by atoms with Gasteiger partial charge >= 0.3 is 5.69 Å². The SMILES string of the molecule is CCN(OC)c1cccc(S(N)(=O)=O)c1[N+](=O)[O-]. The van der Waals surface area contributed by atoms with E-state index >= 15 is 0 Å². The third-order valence-corrected chi connectivity index (χ3v) is 3.19. The molecule has 0 aliphatic carbocycles. The van der Waals surface area contributed by atoms with E-state index in [4.69, 9.17) is 9.98 Å². The molecule has 0 bridgehead atoms. The summed E-state index contributed by atoms with van der Waals surface area (Å²) < 4.78 is 22.6. The molecule has 0 aliphatic heterocycles. The van der Waals surface area contributed by atoms with E-state index in [0.29, 0.717) is 6.54 Å². The predicted octanol–water partition coefficient (Wildman–Crippen LogP) is 0.630. The van der Waals surface area contributed by atoms with Gasteiger partial charge in [-0.05, 0) is 19.1 Å². The highest BCUT2D eigenvalue weighted by Gasteiger charge is 2.29. The van der Waals surface area contributed by atoms with E-state index in [9.17, 15) is 18.5 Å². The summed E-state index contributed by atoms with van der Waals surface area (Å²) in [6, 6.07) is 3.84. The van der Waals surface area contributed by atoms with Crippen molar-refractivity contribution in [1.29, 1.82) is 0 Å². The Balaban J connectivity index is 3.59. The number of nitro groups is 1. The Morgan fingerprint density at radius 1 is 1.50 bits per heavy atom. The molecule has 0 radical (unpaired) electrons. The monoisotopic (exact) mass is 275 g/mol. The first-order valence-electron chi connectivity index (χ1n) is 4.94. The average molecular weight is 275 g/mol. The second-order valence-electron chi connectivity index (χ2n) is 3.30. The van der Waals surface area contributed by atoms with Crippen LogP contribution in [0.25, 0.3) is 0 Å². The zero-order valence-electron chi connectivity index (χ0n) is 9.86. The van der Waals surface area contributed by atoms with Crippen molar-refractivity contribution in [2.45, 2.75) is 11.8 Å². The molecule has 8 nitrogen and oxygen atoms in total. The van der Waals surface area contributed by atoms with Crippen molar-refractivity contribution >= 4 is 21.4 Å². The van der Waals surface area contributed by atoms with Gasteiger partial charge in [0.05, 0.1) is 12.0 Å². The number of sulfonamides is 1. The van der Waals surface area contributed by atoms with Crippen LogP contribution in [0, 0.1) is 10.1 Å². The van der Waals surface area contributed by atoms with Crippen LogP contribution in [-0.4, -0.2) is 27.0 Å². The van der Waals surface area contributed by atoms with Crippen LogP contribution in [0.3, 0.4) is 0 Å². The molecule has 0 spiro atoms. The summed E-state index contributed by atoms with van der Waals surface area (Å²) in [6.07, 6.45) is 0. The van der Waals surface area contributed by atoms with Crippen LogP contribution in [0.4, 0.5) is 11.4 Å². The topological polar surface area (TPSA) is 116 Å². The van der Waals surface area contributed by atoms with Gasteiger partial charge in [0.1, 0.15) is 5.69 Å². The fourth-order valence-electron chi connectivity index (χ4n) is 1.52. The van der Waals surface area contributed by atoms with Gasteiger partial charge in [0, 0.05) is 6.54 Å². The van der Waals surface area contributed by atoms with Gasteiger partial charge in [-0.1, -0.05) is 6.07 Å². The number of anilines is 1. The molecule has 1 aromatic carbocycles. The Hall–Kier alpha value is -1.71. The molecule has 0 amide bonds. The third kappa shape index (κ3) is 2.75. The molecular weight excluding hydrogens is 262 g/mol. The normalized spacial score (nSPS) is 11.3. The van der Waals surface area contributed by atoms with Crippen LogP contribution in [0.15, 0.2) is 23.1 Å². The predicted molar refractivity (Wildman–Crippen MR) is 64.5 cm³/mol. The number of benzene rings is 1. The van der Waals surface area contributed by atoms with E-state index in [2.05, 4.69) is 0 Å². The molecule has 0 saturated heterocycles. The fourth-order valence-corrected chi connectivity index (χ4v) is 2.24. The van der Waals surface area contributed by atoms with Gasteiger partial charge in [0.15, 0.2) is 4.90 Å². The second-order valence-corrected chi connectivity index (χ2v) is 4.83. The van der Waals surface area contributed by atoms with E-state index in [1.807, 2.05) is 0 Å². The standard InChI is InChI=1S/C9H13N3O5S/c1-3-11(17-2)7-5-4-6-8(18(10,15)16)9(7)12(13)14/h4-6H,3H2,1-2H3,(H2,10,15,16). The second kappa shape index (κ2) is 5.29. The highest BCUT2D eigenvalue weighted by Crippen LogP contribution is 2.33. The van der Waals surface area contributed by atoms with Crippen molar-refractivity contribution < 1.29 is 18.2 Å². The first-order chi connectivity index (χ1) is 8.32. The van der Waals surface area contributed by atoms with Crippen LogP contribution in [-0.2, 0) is 14.9 Å². The molecule has 2 N–H and O–H groups in total. The zero-order chi connectivity index (χ0) is 13.9. The number of hydroxylamine groups is 1. The summed E-state index contributed by atoms with van der Waals surface area (Å²) in [5, 5.41) is 17.2. The zero-order valence-corrected chi connectivity index (χ0v) is 10.7. The van der Waals surface area contributed by atoms with Crippen LogP contribution < -0.4 is 10.2 Å². The summed E-state index contributed by atoms with van der Waals surface area (Å²) in [4.78, 5) is 14.6. The van der Waals surface area contributed by atoms with Crippen molar-refractivity contribution in [1.82, 2.24) is 0 Å². The molecule has 1 aromatic rings. The molecule has 100 valence electrons. The lowest BCUT2D eigenvalue weighted by molar-refractivity contribution is -0.387. The molecule has 1 rings (SSSR count). The number of primary sulfonamides is 1. The lowest BCUT2D eigenvalue weighted by atomic mass is 10.2. The molecule has 0 aromatic heterocycles. The number of hydrogen-bond acceptors (Lipinski definition) is 6. The maximum atomic E-state index is 11.3. The van der Waals surface area contributed by atoms with Gasteiger partial charge in [0.25, 0.3) is 0 Å². The summed E-state index contributed by atoms with van der Waals surface area (Å²) in [6.45, 7) is 2.02. The Morgan fingerprint density at radius 3 is 2.50 bits per heavy atom. The summed E-state index contributed by atoms with van der Waals surface area (Å²) in [7, 11) is -2.84. The Labute approximate surface area is 104 Å². The van der Waals surface area contributed by atoms with Crippen LogP contribution in [0.2, 0.25) is 0 Å². The van der Waals surface area contributed by atoms with Crippen molar-refractivity contribution in [3.05, 3.63) is 28.3 Å². The third-order valence-electron chi connectivity index (χ3n) is 2.24. The quantitative estimate of drug-likeness (QED) is 0.622. The van der Waals surface area contributed by atoms with E-state index in [0.717, 1.165) is 6.07 Å². The van der Waals surface area contributed by atoms with Gasteiger partial charge in [-0.25, -0.2) is 18.6 Å². The number of rotatable bonds is 5. The van der Waals surface area contributed by atoms with Crippen LogP contribution >= 0.6 is 0 Å². The van der Waals surface area contributed by atoms with E-state index in [1.54, 1.807) is 6.92 Å². The van der Waals surface area contributed by atoms with Crippen molar-refractivity contribution in [2.24, 2.45) is 5.14 Å². The highest BCUT2D eigenvalue weighted by molar-refractivity contribution is 7.89. The average Bonchev–Trinajstić information content (AvgIpc) is 2.29. The fraction of sp³-hybridized carbons (Fsp3) is 0.333. The molecule has 0 saturated carbocycles. The van der Waals surface area contributed by atoms with Crippen molar-refractivity contribution in [2.75, 3.05) is 18.7 Å². The van der Waals surface area contributed by atoms with Gasteiger partial charge in [0.2, 0.25) is 10.0 Å². The summed E-state index contributed by atoms with van der Waals surface area (Å²) in [5.41, 5.74) is -0.555. The Bertz CT molecular complexity index is 553. The van der Waals surface area contributed by atoms with Gasteiger partial charge in [-0.2, -0.15) is 0 Å². The molecule has 0 fully saturated rings. The Kier molecular flexibility index (Phi) is 4.22. The molecule has 18 heavy (non-hydrogen) atoms. The first-order valence-corrected chi connectivity index (χ1v) is 6.49. The van der Waals surface area contributed by atoms with Crippen LogP contribution in [0.5, 0.6) is 0 Å². The van der Waals surface area contributed by atoms with E-state index < -0.39 is 25.5 Å². The minimum Gasteiger partial charge on any atom is -0.277 e. The molecule has 0 atom stereocenters. The van der Waals surface area contributed by atoms with Crippen molar-refractivity contribution in [3.63, 3.8) is 0 Å². The molecule has 0 unspecified atom stereocenters. The highest BCUT2D eigenvalue weighted by atomic mass is 32.2. The number of nitrogens with zero attached hydrogens (tertiary/aromatic N) is 2. The molecular formula is C9H13N3O5S. The molecule has 0 aliphatic rings. The lowest BCUT2D eigenvalue weighted by Gasteiger charge is -2.20. The van der Waals surface area contributed by atoms with E-state index in [1.165, 1.54) is 24.3 Å². The van der Waals surface area contributed by atoms with Crippen molar-refractivity contribution in [3.8, 4) is 0 Å². The van der Waals surface area contributed by atoms with Gasteiger partial charge < -0.3 is 0 Å². The molecule has 0 heterocycles. The lowest BCUT2D eigenvalue weighted by Crippen LogP contribution is -2.23. The Morgan fingerprint density at radius 2 is 2.11 bits per heavy atom. The number of nitro benzene ring substituents is 1. The maximum Gasteiger partial charge on any atom is 0.314 e. The molecule has 9 heteroatoms. The minimum absolute atomic E-state index is 0.0384. The summed E-state index contributed by atoms with van der Waals surface area (Å²) in [5.74, 6) is 0. The maximum absolute atomic E-state index is 11.3. The van der Waals surface area contributed by atoms with Crippen LogP contribution in [0.1, 0.15) is 6.92 Å². The minimum atomic E-state index is -4.17. The number of para-hydroxylation sites is 1. The summed E-state index contributed by atoms with van der Waals surface area (Å²) >= 11 is 0. The van der Waals surface area contributed by atoms with Gasteiger partial charge in [-0.3, -0.25) is 15.0 Å². The first kappa shape index (κ1) is 14.4.